The van der Waals surface area contributed by atoms with Crippen molar-refractivity contribution in [3.8, 4) is 0 Å². The number of benzene rings is 2. The molecule has 0 bridgehead atoms. The Hall–Kier alpha value is -2.26. The molecule has 106 valence electrons. The van der Waals surface area contributed by atoms with Gasteiger partial charge in [0.2, 0.25) is 0 Å². The van der Waals surface area contributed by atoms with Gasteiger partial charge in [-0.25, -0.2) is 4.79 Å². The highest BCUT2D eigenvalue weighted by Gasteiger charge is 2.12. The second-order valence-corrected chi connectivity index (χ2v) is 5.49. The summed E-state index contributed by atoms with van der Waals surface area (Å²) in [6.07, 6.45) is 0.488. The van der Waals surface area contributed by atoms with Crippen molar-refractivity contribution in [2.24, 2.45) is 0 Å². The summed E-state index contributed by atoms with van der Waals surface area (Å²) in [5.74, 6) is 0. The molecule has 0 aliphatic rings. The van der Waals surface area contributed by atoms with E-state index in [4.69, 9.17) is 21.8 Å². The van der Waals surface area contributed by atoms with Crippen LogP contribution in [0.4, 0.5) is 5.69 Å². The van der Waals surface area contributed by atoms with Crippen molar-refractivity contribution in [2.45, 2.75) is 13.3 Å². The number of rotatable bonds is 2. The maximum absolute atomic E-state index is 12.2. The summed E-state index contributed by atoms with van der Waals surface area (Å²) >= 11 is 6.03. The standard InChI is InChI=1S/C17H14ClNO2/c1-10-14-9-12(18)5-6-16(14)21-17(20)15(10)8-11-3-2-4-13(19)7-11/h2-7,9H,8,19H2,1H3. The monoisotopic (exact) mass is 299 g/mol. The molecule has 2 N–H and O–H groups in total. The molecule has 2 aromatic carbocycles. The first kappa shape index (κ1) is 13.7. The van der Waals surface area contributed by atoms with Gasteiger partial charge in [-0.3, -0.25) is 0 Å². The van der Waals surface area contributed by atoms with Crippen LogP contribution in [0.5, 0.6) is 0 Å². The van der Waals surface area contributed by atoms with Crippen LogP contribution in [0, 0.1) is 6.92 Å². The minimum absolute atomic E-state index is 0.315. The lowest BCUT2D eigenvalue weighted by Gasteiger charge is -2.08. The van der Waals surface area contributed by atoms with Gasteiger partial charge in [0.1, 0.15) is 5.58 Å². The smallest absolute Gasteiger partial charge is 0.340 e. The molecule has 3 nitrogen and oxygen atoms in total. The van der Waals surface area contributed by atoms with Gasteiger partial charge in [-0.1, -0.05) is 23.7 Å². The quantitative estimate of drug-likeness (QED) is 0.576. The largest absolute Gasteiger partial charge is 0.423 e. The number of nitrogen functional groups attached to an aromatic ring is 1. The summed E-state index contributed by atoms with van der Waals surface area (Å²) in [4.78, 5) is 12.2. The van der Waals surface area contributed by atoms with E-state index in [0.29, 0.717) is 28.3 Å². The first-order valence-corrected chi connectivity index (χ1v) is 6.98. The van der Waals surface area contributed by atoms with Crippen LogP contribution in [0.15, 0.2) is 51.7 Å². The molecule has 0 aliphatic carbocycles. The zero-order valence-corrected chi connectivity index (χ0v) is 12.3. The van der Waals surface area contributed by atoms with Gasteiger partial charge in [-0.15, -0.1) is 0 Å². The topological polar surface area (TPSA) is 56.2 Å². The normalized spacial score (nSPS) is 11.0. The van der Waals surface area contributed by atoms with E-state index in [1.807, 2.05) is 37.3 Å². The first-order chi connectivity index (χ1) is 10.0. The van der Waals surface area contributed by atoms with E-state index in [2.05, 4.69) is 0 Å². The number of hydrogen-bond donors (Lipinski definition) is 1. The van der Waals surface area contributed by atoms with Gasteiger partial charge in [0.15, 0.2) is 0 Å². The lowest BCUT2D eigenvalue weighted by molar-refractivity contribution is 0.551. The van der Waals surface area contributed by atoms with E-state index in [-0.39, 0.29) is 5.63 Å². The number of hydrogen-bond acceptors (Lipinski definition) is 3. The molecule has 0 fully saturated rings. The van der Waals surface area contributed by atoms with Crippen LogP contribution in [0.3, 0.4) is 0 Å². The summed E-state index contributed by atoms with van der Waals surface area (Å²) in [6, 6.07) is 12.7. The average molecular weight is 300 g/mol. The summed E-state index contributed by atoms with van der Waals surface area (Å²) in [5, 5.41) is 1.48. The Morgan fingerprint density at radius 2 is 2.00 bits per heavy atom. The Kier molecular flexibility index (Phi) is 3.43. The molecular weight excluding hydrogens is 286 g/mol. The van der Waals surface area contributed by atoms with Crippen molar-refractivity contribution in [3.05, 3.63) is 74.6 Å². The molecule has 3 aromatic rings. The fourth-order valence-electron chi connectivity index (χ4n) is 2.47. The highest BCUT2D eigenvalue weighted by molar-refractivity contribution is 6.31. The molecule has 0 saturated heterocycles. The maximum Gasteiger partial charge on any atom is 0.340 e. The Morgan fingerprint density at radius 1 is 1.19 bits per heavy atom. The lowest BCUT2D eigenvalue weighted by Crippen LogP contribution is -2.11. The van der Waals surface area contributed by atoms with Crippen molar-refractivity contribution >= 4 is 28.3 Å². The zero-order valence-electron chi connectivity index (χ0n) is 11.5. The molecule has 0 radical (unpaired) electrons. The Balaban J connectivity index is 2.16. The van der Waals surface area contributed by atoms with E-state index >= 15 is 0 Å². The van der Waals surface area contributed by atoms with Crippen molar-refractivity contribution in [1.82, 2.24) is 0 Å². The minimum Gasteiger partial charge on any atom is -0.423 e. The molecule has 0 amide bonds. The van der Waals surface area contributed by atoms with Crippen LogP contribution in [0.2, 0.25) is 5.02 Å². The number of nitrogens with two attached hydrogens (primary N) is 1. The van der Waals surface area contributed by atoms with Gasteiger partial charge in [-0.05, 0) is 48.4 Å². The fourth-order valence-corrected chi connectivity index (χ4v) is 2.65. The molecule has 1 aromatic heterocycles. The summed E-state index contributed by atoms with van der Waals surface area (Å²) in [6.45, 7) is 1.91. The highest BCUT2D eigenvalue weighted by atomic mass is 35.5. The van der Waals surface area contributed by atoms with Crippen molar-refractivity contribution in [3.63, 3.8) is 0 Å². The molecule has 21 heavy (non-hydrogen) atoms. The van der Waals surface area contributed by atoms with Crippen LogP contribution < -0.4 is 11.4 Å². The van der Waals surface area contributed by atoms with Crippen LogP contribution >= 0.6 is 11.6 Å². The number of halogens is 1. The summed E-state index contributed by atoms with van der Waals surface area (Å²) in [7, 11) is 0. The second kappa shape index (κ2) is 5.26. The molecule has 0 unspecified atom stereocenters. The van der Waals surface area contributed by atoms with Crippen molar-refractivity contribution < 1.29 is 4.42 Å². The Bertz CT molecular complexity index is 884. The molecule has 3 rings (SSSR count). The molecule has 1 heterocycles. The molecule has 4 heteroatoms. The predicted octanol–water partition coefficient (Wildman–Crippen LogP) is 3.93. The number of anilines is 1. The lowest BCUT2D eigenvalue weighted by atomic mass is 9.99. The van der Waals surface area contributed by atoms with Crippen LogP contribution in [-0.4, -0.2) is 0 Å². The van der Waals surface area contributed by atoms with Crippen molar-refractivity contribution in [2.75, 3.05) is 5.73 Å². The molecule has 0 saturated carbocycles. The van der Waals surface area contributed by atoms with E-state index < -0.39 is 0 Å². The van der Waals surface area contributed by atoms with Gasteiger partial charge < -0.3 is 10.2 Å². The van der Waals surface area contributed by atoms with E-state index in [1.54, 1.807) is 12.1 Å². The van der Waals surface area contributed by atoms with Crippen LogP contribution in [-0.2, 0) is 6.42 Å². The van der Waals surface area contributed by atoms with Gasteiger partial charge in [-0.2, -0.15) is 0 Å². The van der Waals surface area contributed by atoms with E-state index in [0.717, 1.165) is 16.5 Å². The Labute approximate surface area is 127 Å². The molecule has 0 atom stereocenters. The second-order valence-electron chi connectivity index (χ2n) is 5.06. The fraction of sp³-hybridized carbons (Fsp3) is 0.118. The minimum atomic E-state index is -0.315. The third-order valence-electron chi connectivity index (χ3n) is 3.58. The summed E-state index contributed by atoms with van der Waals surface area (Å²) < 4.78 is 5.39. The molecular formula is C17H14ClNO2. The number of fused-ring (bicyclic) bond motifs is 1. The number of aryl methyl sites for hydroxylation is 1. The van der Waals surface area contributed by atoms with Gasteiger partial charge in [0, 0.05) is 28.1 Å². The maximum atomic E-state index is 12.2. The molecule has 0 spiro atoms. The van der Waals surface area contributed by atoms with Gasteiger partial charge in [0.05, 0.1) is 0 Å². The van der Waals surface area contributed by atoms with E-state index in [1.165, 1.54) is 0 Å². The van der Waals surface area contributed by atoms with Gasteiger partial charge >= 0.3 is 5.63 Å². The third kappa shape index (κ3) is 2.65. The highest BCUT2D eigenvalue weighted by Crippen LogP contribution is 2.24. The van der Waals surface area contributed by atoms with Gasteiger partial charge in [0.25, 0.3) is 0 Å². The van der Waals surface area contributed by atoms with Crippen LogP contribution in [0.1, 0.15) is 16.7 Å². The predicted molar refractivity (Wildman–Crippen MR) is 85.9 cm³/mol. The first-order valence-electron chi connectivity index (χ1n) is 6.61. The average Bonchev–Trinajstić information content (AvgIpc) is 2.45. The Morgan fingerprint density at radius 3 is 2.76 bits per heavy atom. The zero-order chi connectivity index (χ0) is 15.0. The van der Waals surface area contributed by atoms with Crippen LogP contribution in [0.25, 0.3) is 11.0 Å². The summed E-state index contributed by atoms with van der Waals surface area (Å²) in [5.41, 5.74) is 9.21. The van der Waals surface area contributed by atoms with Crippen molar-refractivity contribution in [1.29, 1.82) is 0 Å². The SMILES string of the molecule is Cc1c(Cc2cccc(N)c2)c(=O)oc2ccc(Cl)cc12. The van der Waals surface area contributed by atoms with E-state index in [9.17, 15) is 4.79 Å². The molecule has 0 aliphatic heterocycles. The third-order valence-corrected chi connectivity index (χ3v) is 3.81.